The van der Waals surface area contributed by atoms with Crippen LogP contribution in [0.15, 0.2) is 18.2 Å². The second-order valence-electron chi connectivity index (χ2n) is 4.53. The minimum atomic E-state index is -0.988. The zero-order valence-electron chi connectivity index (χ0n) is 10.8. The van der Waals surface area contributed by atoms with Crippen LogP contribution in [0.5, 0.6) is 5.75 Å². The maximum Gasteiger partial charge on any atom is 0.314 e. The van der Waals surface area contributed by atoms with Crippen molar-refractivity contribution >= 4 is 11.7 Å². The van der Waals surface area contributed by atoms with Crippen molar-refractivity contribution in [3.05, 3.63) is 34.1 Å². The lowest BCUT2D eigenvalue weighted by Crippen LogP contribution is -2.32. The Morgan fingerprint density at radius 2 is 2.11 bits per heavy atom. The maximum absolute atomic E-state index is 13.3. The van der Waals surface area contributed by atoms with Gasteiger partial charge in [-0.15, -0.1) is 0 Å². The summed E-state index contributed by atoms with van der Waals surface area (Å²) in [6.45, 7) is 3.19. The Hall–Kier alpha value is -2.18. The molecule has 0 saturated heterocycles. The lowest BCUT2D eigenvalue weighted by molar-refractivity contribution is -0.387. The van der Waals surface area contributed by atoms with Gasteiger partial charge in [0, 0.05) is 12.1 Å². The highest BCUT2D eigenvalue weighted by molar-refractivity contribution is 5.75. The molecule has 7 heteroatoms. The first-order valence-electron chi connectivity index (χ1n) is 5.43. The van der Waals surface area contributed by atoms with Gasteiger partial charge in [-0.3, -0.25) is 14.9 Å². The molecule has 0 heterocycles. The fourth-order valence-electron chi connectivity index (χ4n) is 1.32. The standard InChI is InChI=1S/C12H14FNO5/c1-12(2,11(15)18-3)7-19-8-4-5-10(14(16)17)9(13)6-8/h4-6H,7H2,1-3H3. The molecule has 19 heavy (non-hydrogen) atoms. The monoisotopic (exact) mass is 271 g/mol. The topological polar surface area (TPSA) is 78.7 Å². The molecular formula is C12H14FNO5. The van der Waals surface area contributed by atoms with Crippen LogP contribution in [0.2, 0.25) is 0 Å². The summed E-state index contributed by atoms with van der Waals surface area (Å²) >= 11 is 0. The number of halogens is 1. The van der Waals surface area contributed by atoms with E-state index in [0.29, 0.717) is 0 Å². The number of carbonyl (C=O) groups is 1. The Kier molecular flexibility index (Phi) is 4.42. The van der Waals surface area contributed by atoms with E-state index < -0.39 is 27.8 Å². The Balaban J connectivity index is 2.77. The van der Waals surface area contributed by atoms with Gasteiger partial charge in [0.2, 0.25) is 5.82 Å². The first kappa shape index (κ1) is 14.9. The van der Waals surface area contributed by atoms with Gasteiger partial charge >= 0.3 is 11.7 Å². The fourth-order valence-corrected chi connectivity index (χ4v) is 1.32. The summed E-state index contributed by atoms with van der Waals surface area (Å²) in [5, 5.41) is 10.4. The lowest BCUT2D eigenvalue weighted by Gasteiger charge is -2.21. The first-order valence-corrected chi connectivity index (χ1v) is 5.43. The molecule has 0 N–H and O–H groups in total. The number of carbonyl (C=O) groups excluding carboxylic acids is 1. The largest absolute Gasteiger partial charge is 0.492 e. The highest BCUT2D eigenvalue weighted by Crippen LogP contribution is 2.24. The summed E-state index contributed by atoms with van der Waals surface area (Å²) in [4.78, 5) is 21.0. The number of rotatable bonds is 5. The number of methoxy groups -OCH3 is 1. The molecule has 0 unspecified atom stereocenters. The Morgan fingerprint density at radius 3 is 2.58 bits per heavy atom. The van der Waals surface area contributed by atoms with Crippen LogP contribution in [0.4, 0.5) is 10.1 Å². The average Bonchev–Trinajstić information content (AvgIpc) is 2.35. The zero-order valence-corrected chi connectivity index (χ0v) is 10.8. The number of hydrogen-bond acceptors (Lipinski definition) is 5. The van der Waals surface area contributed by atoms with Gasteiger partial charge < -0.3 is 9.47 Å². The van der Waals surface area contributed by atoms with E-state index in [1.165, 1.54) is 13.2 Å². The number of benzene rings is 1. The molecule has 0 amide bonds. The predicted molar refractivity (Wildman–Crippen MR) is 64.3 cm³/mol. The van der Waals surface area contributed by atoms with E-state index in [0.717, 1.165) is 12.1 Å². The van der Waals surface area contributed by atoms with E-state index >= 15 is 0 Å². The normalized spacial score (nSPS) is 10.9. The zero-order chi connectivity index (χ0) is 14.6. The third-order valence-electron chi connectivity index (χ3n) is 2.45. The number of nitro groups is 1. The SMILES string of the molecule is COC(=O)C(C)(C)COc1ccc([N+](=O)[O-])c(F)c1. The molecule has 0 aliphatic rings. The summed E-state index contributed by atoms with van der Waals surface area (Å²) in [7, 11) is 1.26. The van der Waals surface area contributed by atoms with Gasteiger partial charge in [-0.2, -0.15) is 4.39 Å². The number of ether oxygens (including phenoxy) is 2. The van der Waals surface area contributed by atoms with Gasteiger partial charge in [0.05, 0.1) is 17.4 Å². The third kappa shape index (κ3) is 3.64. The molecule has 0 spiro atoms. The second-order valence-corrected chi connectivity index (χ2v) is 4.53. The molecule has 0 bridgehead atoms. The summed E-state index contributed by atoms with van der Waals surface area (Å²) < 4.78 is 23.2. The van der Waals surface area contributed by atoms with Crippen molar-refractivity contribution < 1.29 is 23.6 Å². The van der Waals surface area contributed by atoms with Crippen LogP contribution in [-0.4, -0.2) is 24.6 Å². The highest BCUT2D eigenvalue weighted by Gasteiger charge is 2.30. The van der Waals surface area contributed by atoms with E-state index in [1.54, 1.807) is 13.8 Å². The molecule has 0 saturated carbocycles. The van der Waals surface area contributed by atoms with Crippen molar-refractivity contribution in [3.63, 3.8) is 0 Å². The molecule has 1 rings (SSSR count). The van der Waals surface area contributed by atoms with Gasteiger partial charge in [-0.1, -0.05) is 0 Å². The van der Waals surface area contributed by atoms with Crippen molar-refractivity contribution in [2.75, 3.05) is 13.7 Å². The van der Waals surface area contributed by atoms with Gasteiger partial charge in [0.25, 0.3) is 0 Å². The van der Waals surface area contributed by atoms with E-state index in [-0.39, 0.29) is 12.4 Å². The smallest absolute Gasteiger partial charge is 0.314 e. The minimum Gasteiger partial charge on any atom is -0.492 e. The van der Waals surface area contributed by atoms with E-state index in [9.17, 15) is 19.3 Å². The van der Waals surface area contributed by atoms with Crippen molar-refractivity contribution in [1.29, 1.82) is 0 Å². The van der Waals surface area contributed by atoms with Crippen LogP contribution in [0.3, 0.4) is 0 Å². The van der Waals surface area contributed by atoms with Crippen LogP contribution in [-0.2, 0) is 9.53 Å². The summed E-state index contributed by atoms with van der Waals surface area (Å²) in [5.41, 5.74) is -1.52. The fraction of sp³-hybridized carbons (Fsp3) is 0.417. The van der Waals surface area contributed by atoms with Gasteiger partial charge in [-0.25, -0.2) is 0 Å². The summed E-state index contributed by atoms with van der Waals surface area (Å²) in [6.07, 6.45) is 0. The average molecular weight is 271 g/mol. The maximum atomic E-state index is 13.3. The molecule has 0 aliphatic heterocycles. The van der Waals surface area contributed by atoms with E-state index in [2.05, 4.69) is 4.74 Å². The van der Waals surface area contributed by atoms with E-state index in [4.69, 9.17) is 4.74 Å². The number of nitro benzene ring substituents is 1. The van der Waals surface area contributed by atoms with E-state index in [1.807, 2.05) is 0 Å². The predicted octanol–water partition coefficient (Wildman–Crippen LogP) is 2.31. The van der Waals surface area contributed by atoms with Crippen LogP contribution < -0.4 is 4.74 Å². The molecule has 1 aromatic carbocycles. The minimum absolute atomic E-state index is 0.0308. The molecule has 0 radical (unpaired) electrons. The number of esters is 1. The Bertz CT molecular complexity index is 501. The highest BCUT2D eigenvalue weighted by atomic mass is 19.1. The van der Waals surface area contributed by atoms with Gasteiger partial charge in [0.15, 0.2) is 0 Å². The summed E-state index contributed by atoms with van der Waals surface area (Å²) in [5.74, 6) is -1.34. The van der Waals surface area contributed by atoms with Crippen LogP contribution in [0.25, 0.3) is 0 Å². The molecule has 6 nitrogen and oxygen atoms in total. The van der Waals surface area contributed by atoms with Crippen LogP contribution >= 0.6 is 0 Å². The summed E-state index contributed by atoms with van der Waals surface area (Å²) in [6, 6.07) is 3.19. The molecule has 0 atom stereocenters. The van der Waals surface area contributed by atoms with Gasteiger partial charge in [0.1, 0.15) is 12.4 Å². The molecular weight excluding hydrogens is 257 g/mol. The van der Waals surface area contributed by atoms with Crippen molar-refractivity contribution in [2.45, 2.75) is 13.8 Å². The van der Waals surface area contributed by atoms with Crippen molar-refractivity contribution in [1.82, 2.24) is 0 Å². The van der Waals surface area contributed by atoms with Crippen LogP contribution in [0, 0.1) is 21.3 Å². The quantitative estimate of drug-likeness (QED) is 0.466. The molecule has 0 fully saturated rings. The number of hydrogen-bond donors (Lipinski definition) is 0. The second kappa shape index (κ2) is 5.64. The first-order chi connectivity index (χ1) is 8.77. The molecule has 1 aromatic rings. The van der Waals surface area contributed by atoms with Crippen LogP contribution in [0.1, 0.15) is 13.8 Å². The van der Waals surface area contributed by atoms with Gasteiger partial charge in [-0.05, 0) is 19.9 Å². The van der Waals surface area contributed by atoms with Crippen molar-refractivity contribution in [2.24, 2.45) is 5.41 Å². The Labute approximate surface area is 109 Å². The lowest BCUT2D eigenvalue weighted by atomic mass is 9.95. The third-order valence-corrected chi connectivity index (χ3v) is 2.45. The Morgan fingerprint density at radius 1 is 1.47 bits per heavy atom. The molecule has 0 aliphatic carbocycles. The molecule has 0 aromatic heterocycles. The van der Waals surface area contributed by atoms with Crippen molar-refractivity contribution in [3.8, 4) is 5.75 Å². The number of nitrogens with zero attached hydrogens (tertiary/aromatic N) is 1. The molecule has 104 valence electrons.